The van der Waals surface area contributed by atoms with Gasteiger partial charge in [0.05, 0.1) is 0 Å². The molecule has 1 aromatic carbocycles. The minimum Gasteiger partial charge on any atom is -0.314 e. The fourth-order valence-electron chi connectivity index (χ4n) is 3.23. The zero-order valence-electron chi connectivity index (χ0n) is 15.1. The maximum atomic E-state index is 3.54. The van der Waals surface area contributed by atoms with Crippen LogP contribution >= 0.6 is 0 Å². The number of hydrogen-bond acceptors (Lipinski definition) is 1. The molecular weight excluding hydrogens is 266 g/mol. The van der Waals surface area contributed by atoms with E-state index in [0.29, 0.717) is 6.04 Å². The molecule has 2 unspecified atom stereocenters. The molecule has 0 spiro atoms. The molecule has 1 fully saturated rings. The van der Waals surface area contributed by atoms with E-state index in [9.17, 15) is 0 Å². The van der Waals surface area contributed by atoms with Crippen LogP contribution in [0.25, 0.3) is 0 Å². The highest BCUT2D eigenvalue weighted by atomic mass is 14.9. The Hall–Kier alpha value is -1.08. The van der Waals surface area contributed by atoms with Crippen LogP contribution in [-0.4, -0.2) is 12.6 Å². The zero-order chi connectivity index (χ0) is 16.1. The quantitative estimate of drug-likeness (QED) is 0.649. The van der Waals surface area contributed by atoms with Crippen LogP contribution in [0, 0.1) is 12.8 Å². The van der Waals surface area contributed by atoms with E-state index in [-0.39, 0.29) is 0 Å². The van der Waals surface area contributed by atoms with Crippen molar-refractivity contribution in [1.29, 1.82) is 0 Å². The summed E-state index contributed by atoms with van der Waals surface area (Å²) in [5.74, 6) is 0.723. The Balaban J connectivity index is 1.91. The molecule has 1 aromatic rings. The van der Waals surface area contributed by atoms with Crippen molar-refractivity contribution in [2.75, 3.05) is 6.54 Å². The number of aryl methyl sites for hydroxylation is 2. The first kappa shape index (κ1) is 17.3. The van der Waals surface area contributed by atoms with E-state index in [2.05, 4.69) is 58.1 Å². The Bertz CT molecular complexity index is 521. The lowest BCUT2D eigenvalue weighted by atomic mass is 9.92. The van der Waals surface area contributed by atoms with Crippen molar-refractivity contribution in [2.45, 2.75) is 72.8 Å². The Kier molecular flexibility index (Phi) is 6.26. The lowest BCUT2D eigenvalue weighted by molar-refractivity contribution is 0.386. The SMILES string of the molecule is CCNC(C)C(C)CCc1ccc(CC(C)=C2CC2)cc1C. The fraction of sp³-hybridized carbons (Fsp3) is 0.619. The first-order valence-electron chi connectivity index (χ1n) is 9.00. The highest BCUT2D eigenvalue weighted by molar-refractivity contribution is 5.35. The molecule has 0 bridgehead atoms. The summed E-state index contributed by atoms with van der Waals surface area (Å²) in [5.41, 5.74) is 7.76. The number of benzene rings is 1. The number of allylic oxidation sites excluding steroid dienone is 2. The molecule has 1 N–H and O–H groups in total. The molecule has 0 saturated heterocycles. The Labute approximate surface area is 137 Å². The van der Waals surface area contributed by atoms with Crippen molar-refractivity contribution < 1.29 is 0 Å². The van der Waals surface area contributed by atoms with E-state index in [4.69, 9.17) is 0 Å². The lowest BCUT2D eigenvalue weighted by Gasteiger charge is -2.21. The van der Waals surface area contributed by atoms with Gasteiger partial charge in [-0.05, 0) is 82.0 Å². The zero-order valence-corrected chi connectivity index (χ0v) is 15.1. The molecule has 2 atom stereocenters. The van der Waals surface area contributed by atoms with Gasteiger partial charge in [-0.1, -0.05) is 43.2 Å². The summed E-state index contributed by atoms with van der Waals surface area (Å²) < 4.78 is 0. The third-order valence-corrected chi connectivity index (χ3v) is 5.23. The van der Waals surface area contributed by atoms with E-state index in [1.807, 2.05) is 0 Å². The second kappa shape index (κ2) is 7.97. The molecule has 1 aliphatic carbocycles. The lowest BCUT2D eigenvalue weighted by Crippen LogP contribution is -2.32. The molecule has 1 aliphatic rings. The Morgan fingerprint density at radius 1 is 1.23 bits per heavy atom. The van der Waals surface area contributed by atoms with Gasteiger partial charge in [0, 0.05) is 6.04 Å². The minimum absolute atomic E-state index is 0.609. The van der Waals surface area contributed by atoms with Crippen LogP contribution in [0.4, 0.5) is 0 Å². The van der Waals surface area contributed by atoms with E-state index in [0.717, 1.165) is 18.9 Å². The number of rotatable bonds is 8. The van der Waals surface area contributed by atoms with Gasteiger partial charge in [-0.15, -0.1) is 0 Å². The van der Waals surface area contributed by atoms with E-state index in [1.165, 1.54) is 42.4 Å². The van der Waals surface area contributed by atoms with Gasteiger partial charge in [-0.2, -0.15) is 0 Å². The first-order valence-corrected chi connectivity index (χ1v) is 9.00. The van der Waals surface area contributed by atoms with Crippen molar-refractivity contribution in [2.24, 2.45) is 5.92 Å². The summed E-state index contributed by atoms with van der Waals surface area (Å²) in [6.45, 7) is 12.5. The van der Waals surface area contributed by atoms with Crippen LogP contribution in [-0.2, 0) is 12.8 Å². The van der Waals surface area contributed by atoms with Gasteiger partial charge >= 0.3 is 0 Å². The van der Waals surface area contributed by atoms with Crippen molar-refractivity contribution in [3.63, 3.8) is 0 Å². The smallest absolute Gasteiger partial charge is 0.00643 e. The summed E-state index contributed by atoms with van der Waals surface area (Å²) in [5, 5.41) is 3.54. The van der Waals surface area contributed by atoms with Crippen LogP contribution < -0.4 is 5.32 Å². The van der Waals surface area contributed by atoms with Crippen molar-refractivity contribution in [1.82, 2.24) is 5.32 Å². The molecule has 0 aliphatic heterocycles. The van der Waals surface area contributed by atoms with Crippen molar-refractivity contribution in [3.8, 4) is 0 Å². The molecule has 0 heterocycles. The van der Waals surface area contributed by atoms with Gasteiger partial charge in [0.1, 0.15) is 0 Å². The average Bonchev–Trinajstić information content (AvgIpc) is 3.31. The highest BCUT2D eigenvalue weighted by Crippen LogP contribution is 2.32. The molecule has 0 aromatic heterocycles. The van der Waals surface area contributed by atoms with Gasteiger partial charge in [-0.25, -0.2) is 0 Å². The predicted molar refractivity (Wildman–Crippen MR) is 97.4 cm³/mol. The van der Waals surface area contributed by atoms with E-state index >= 15 is 0 Å². The topological polar surface area (TPSA) is 12.0 Å². The summed E-state index contributed by atoms with van der Waals surface area (Å²) in [6.07, 6.45) is 6.28. The van der Waals surface area contributed by atoms with E-state index in [1.54, 1.807) is 11.1 Å². The maximum Gasteiger partial charge on any atom is 0.00643 e. The summed E-state index contributed by atoms with van der Waals surface area (Å²) >= 11 is 0. The first-order chi connectivity index (χ1) is 10.5. The standard InChI is InChI=1S/C21H33N/c1-6-22-18(5)15(2)7-9-20-10-8-19(13-16(20)3)14-17(4)21-11-12-21/h8,10,13,15,18,22H,6-7,9,11-12,14H2,1-5H3. The van der Waals surface area contributed by atoms with Crippen LogP contribution in [0.2, 0.25) is 0 Å². The minimum atomic E-state index is 0.609. The fourth-order valence-corrected chi connectivity index (χ4v) is 3.23. The molecule has 122 valence electrons. The van der Waals surface area contributed by atoms with Gasteiger partial charge in [0.15, 0.2) is 0 Å². The molecule has 22 heavy (non-hydrogen) atoms. The predicted octanol–water partition coefficient (Wildman–Crippen LogP) is 5.21. The molecule has 1 heteroatoms. The largest absolute Gasteiger partial charge is 0.314 e. The molecule has 1 nitrogen and oxygen atoms in total. The summed E-state index contributed by atoms with van der Waals surface area (Å²) in [7, 11) is 0. The second-order valence-corrected chi connectivity index (χ2v) is 7.18. The normalized spacial score (nSPS) is 16.5. The second-order valence-electron chi connectivity index (χ2n) is 7.18. The van der Waals surface area contributed by atoms with Gasteiger partial charge in [0.25, 0.3) is 0 Å². The molecule has 0 radical (unpaired) electrons. The third-order valence-electron chi connectivity index (χ3n) is 5.23. The van der Waals surface area contributed by atoms with Crippen LogP contribution in [0.3, 0.4) is 0 Å². The van der Waals surface area contributed by atoms with Crippen LogP contribution in [0.1, 0.15) is 63.6 Å². The monoisotopic (exact) mass is 299 g/mol. The van der Waals surface area contributed by atoms with Gasteiger partial charge in [0.2, 0.25) is 0 Å². The molecule has 0 amide bonds. The highest BCUT2D eigenvalue weighted by Gasteiger charge is 2.15. The number of hydrogen-bond donors (Lipinski definition) is 1. The average molecular weight is 300 g/mol. The van der Waals surface area contributed by atoms with Crippen LogP contribution in [0.5, 0.6) is 0 Å². The van der Waals surface area contributed by atoms with Crippen molar-refractivity contribution in [3.05, 3.63) is 46.0 Å². The molecule has 1 saturated carbocycles. The summed E-state index contributed by atoms with van der Waals surface area (Å²) in [6, 6.07) is 7.71. The summed E-state index contributed by atoms with van der Waals surface area (Å²) in [4.78, 5) is 0. The van der Waals surface area contributed by atoms with Crippen molar-refractivity contribution >= 4 is 0 Å². The van der Waals surface area contributed by atoms with Gasteiger partial charge in [-0.3, -0.25) is 0 Å². The third kappa shape index (κ3) is 4.98. The van der Waals surface area contributed by atoms with E-state index < -0.39 is 0 Å². The Morgan fingerprint density at radius 2 is 1.95 bits per heavy atom. The maximum absolute atomic E-state index is 3.54. The molecular formula is C21H33N. The van der Waals surface area contributed by atoms with Gasteiger partial charge < -0.3 is 5.32 Å². The molecule has 2 rings (SSSR count). The van der Waals surface area contributed by atoms with Crippen LogP contribution in [0.15, 0.2) is 29.3 Å². The Morgan fingerprint density at radius 3 is 2.55 bits per heavy atom. The number of nitrogens with one attached hydrogen (secondary N) is 1.